The van der Waals surface area contributed by atoms with Gasteiger partial charge in [-0.25, -0.2) is 15.0 Å². The van der Waals surface area contributed by atoms with E-state index in [0.29, 0.717) is 17.5 Å². The van der Waals surface area contributed by atoms with Gasteiger partial charge in [-0.15, -0.1) is 11.3 Å². The van der Waals surface area contributed by atoms with Crippen LogP contribution in [0.3, 0.4) is 0 Å². The fourth-order valence-electron chi connectivity index (χ4n) is 7.13. The fraction of sp³-hybridized carbons (Fsp3) is 0. The van der Waals surface area contributed by atoms with Gasteiger partial charge in [0.1, 0.15) is 0 Å². The largest absolute Gasteiger partial charge is 0.307 e. The van der Waals surface area contributed by atoms with Crippen molar-refractivity contribution >= 4 is 53.3 Å². The van der Waals surface area contributed by atoms with Gasteiger partial charge in [0.15, 0.2) is 17.5 Å². The van der Waals surface area contributed by atoms with Gasteiger partial charge in [-0.3, -0.25) is 0 Å². The molecular formula is C45H28N4S. The maximum absolute atomic E-state index is 5.21. The van der Waals surface area contributed by atoms with Crippen LogP contribution >= 0.6 is 11.3 Å². The molecule has 0 amide bonds. The molecule has 5 heteroatoms. The standard InChI is InChI=1S/C45H28N4S/c1-4-14-29(15-5-1)32-24-27-39-37(28-32)33-20-10-12-22-38(33)49(39)41-36(26-25-35-34-21-11-13-23-40(34)50-42(35)41)45-47-43(30-16-6-2-7-17-30)46-44(48-45)31-18-8-3-9-19-31/h1-28H. The summed E-state index contributed by atoms with van der Waals surface area (Å²) in [6.45, 7) is 0. The molecule has 0 bridgehead atoms. The van der Waals surface area contributed by atoms with Crippen LogP contribution < -0.4 is 0 Å². The zero-order chi connectivity index (χ0) is 33.0. The SMILES string of the molecule is c1ccc(-c2ccc3c(c2)c2ccccc2n3-c2c(-c3nc(-c4ccccc4)nc(-c4ccccc4)n3)ccc3c2sc2ccccc23)cc1. The van der Waals surface area contributed by atoms with Crippen molar-refractivity contribution < 1.29 is 0 Å². The zero-order valence-corrected chi connectivity index (χ0v) is 27.7. The minimum Gasteiger partial charge on any atom is -0.307 e. The van der Waals surface area contributed by atoms with E-state index in [1.54, 1.807) is 0 Å². The smallest absolute Gasteiger partial charge is 0.166 e. The van der Waals surface area contributed by atoms with Crippen LogP contribution in [0.15, 0.2) is 170 Å². The topological polar surface area (TPSA) is 43.6 Å². The first-order valence-corrected chi connectivity index (χ1v) is 17.5. The first-order chi connectivity index (χ1) is 24.8. The molecule has 3 heterocycles. The van der Waals surface area contributed by atoms with E-state index in [1.807, 2.05) is 47.7 Å². The monoisotopic (exact) mass is 656 g/mol. The number of aromatic nitrogens is 4. The quantitative estimate of drug-likeness (QED) is 0.185. The molecule has 10 aromatic rings. The number of para-hydroxylation sites is 1. The average molecular weight is 657 g/mol. The summed E-state index contributed by atoms with van der Waals surface area (Å²) in [6, 6.07) is 59.6. The van der Waals surface area contributed by atoms with Gasteiger partial charge < -0.3 is 4.57 Å². The number of hydrogen-bond donors (Lipinski definition) is 0. The van der Waals surface area contributed by atoms with Gasteiger partial charge in [-0.2, -0.15) is 0 Å². The Morgan fingerprint density at radius 3 is 1.64 bits per heavy atom. The minimum atomic E-state index is 0.638. The molecule has 0 aliphatic carbocycles. The van der Waals surface area contributed by atoms with E-state index in [0.717, 1.165) is 33.4 Å². The summed E-state index contributed by atoms with van der Waals surface area (Å²) in [4.78, 5) is 15.4. The second kappa shape index (κ2) is 11.6. The van der Waals surface area contributed by atoms with Crippen molar-refractivity contribution in [3.05, 3.63) is 170 Å². The van der Waals surface area contributed by atoms with Gasteiger partial charge in [0.25, 0.3) is 0 Å². The van der Waals surface area contributed by atoms with Crippen molar-refractivity contribution in [3.8, 4) is 51.0 Å². The Hall–Kier alpha value is -6.43. The molecule has 3 aromatic heterocycles. The first kappa shape index (κ1) is 28.6. The molecule has 0 saturated carbocycles. The predicted octanol–water partition coefficient (Wildman–Crippen LogP) is 12.0. The highest BCUT2D eigenvalue weighted by Crippen LogP contribution is 2.45. The lowest BCUT2D eigenvalue weighted by molar-refractivity contribution is 1.07. The predicted molar refractivity (Wildman–Crippen MR) is 209 cm³/mol. The van der Waals surface area contributed by atoms with Crippen LogP contribution in [0.4, 0.5) is 0 Å². The average Bonchev–Trinajstić information content (AvgIpc) is 3.74. The summed E-state index contributed by atoms with van der Waals surface area (Å²) in [6.07, 6.45) is 0. The lowest BCUT2D eigenvalue weighted by Crippen LogP contribution is -2.04. The molecular weight excluding hydrogens is 629 g/mol. The van der Waals surface area contributed by atoms with Crippen LogP contribution in [0.2, 0.25) is 0 Å². The van der Waals surface area contributed by atoms with E-state index in [4.69, 9.17) is 15.0 Å². The van der Waals surface area contributed by atoms with E-state index in [1.165, 1.54) is 42.1 Å². The molecule has 0 radical (unpaired) electrons. The van der Waals surface area contributed by atoms with Crippen molar-refractivity contribution in [2.24, 2.45) is 0 Å². The van der Waals surface area contributed by atoms with Crippen LogP contribution in [-0.4, -0.2) is 19.5 Å². The fourth-order valence-corrected chi connectivity index (χ4v) is 8.37. The lowest BCUT2D eigenvalue weighted by Gasteiger charge is -2.16. The Morgan fingerprint density at radius 2 is 0.940 bits per heavy atom. The van der Waals surface area contributed by atoms with E-state index < -0.39 is 0 Å². The number of rotatable bonds is 5. The Labute approximate surface area is 292 Å². The molecule has 0 aliphatic rings. The molecule has 0 N–H and O–H groups in total. The molecule has 10 rings (SSSR count). The van der Waals surface area contributed by atoms with Crippen molar-refractivity contribution in [3.63, 3.8) is 0 Å². The summed E-state index contributed by atoms with van der Waals surface area (Å²) in [7, 11) is 0. The number of benzene rings is 7. The van der Waals surface area contributed by atoms with Crippen LogP contribution in [0.1, 0.15) is 0 Å². The molecule has 0 atom stereocenters. The third-order valence-corrected chi connectivity index (χ3v) is 10.7. The van der Waals surface area contributed by atoms with Crippen molar-refractivity contribution in [1.29, 1.82) is 0 Å². The molecule has 0 aliphatic heterocycles. The summed E-state index contributed by atoms with van der Waals surface area (Å²) >= 11 is 1.82. The summed E-state index contributed by atoms with van der Waals surface area (Å²) in [5.41, 5.74) is 8.59. The minimum absolute atomic E-state index is 0.638. The van der Waals surface area contributed by atoms with Gasteiger partial charge in [0.05, 0.1) is 21.4 Å². The third kappa shape index (κ3) is 4.63. The highest BCUT2D eigenvalue weighted by molar-refractivity contribution is 7.26. The molecule has 4 nitrogen and oxygen atoms in total. The van der Waals surface area contributed by atoms with Gasteiger partial charge in [0, 0.05) is 42.9 Å². The van der Waals surface area contributed by atoms with E-state index >= 15 is 0 Å². The van der Waals surface area contributed by atoms with E-state index in [-0.39, 0.29) is 0 Å². The third-order valence-electron chi connectivity index (χ3n) is 9.46. The molecule has 0 spiro atoms. The van der Waals surface area contributed by atoms with Gasteiger partial charge >= 0.3 is 0 Å². The van der Waals surface area contributed by atoms with Gasteiger partial charge in [-0.1, -0.05) is 140 Å². The highest BCUT2D eigenvalue weighted by atomic mass is 32.1. The Balaban J connectivity index is 1.32. The van der Waals surface area contributed by atoms with Crippen molar-refractivity contribution in [2.75, 3.05) is 0 Å². The van der Waals surface area contributed by atoms with Crippen LogP contribution in [0.25, 0.3) is 93.0 Å². The molecule has 50 heavy (non-hydrogen) atoms. The summed E-state index contributed by atoms with van der Waals surface area (Å²) in [5, 5.41) is 4.88. The van der Waals surface area contributed by atoms with Gasteiger partial charge in [-0.05, 0) is 41.5 Å². The van der Waals surface area contributed by atoms with Crippen LogP contribution in [-0.2, 0) is 0 Å². The maximum atomic E-state index is 5.21. The molecule has 0 fully saturated rings. The van der Waals surface area contributed by atoms with E-state index in [9.17, 15) is 0 Å². The van der Waals surface area contributed by atoms with Crippen LogP contribution in [0.5, 0.6) is 0 Å². The summed E-state index contributed by atoms with van der Waals surface area (Å²) < 4.78 is 4.88. The summed E-state index contributed by atoms with van der Waals surface area (Å²) in [5.74, 6) is 1.93. The molecule has 0 unspecified atom stereocenters. The maximum Gasteiger partial charge on any atom is 0.166 e. The number of hydrogen-bond acceptors (Lipinski definition) is 4. The van der Waals surface area contributed by atoms with E-state index in [2.05, 4.69) is 138 Å². The lowest BCUT2D eigenvalue weighted by atomic mass is 10.0. The highest BCUT2D eigenvalue weighted by Gasteiger charge is 2.23. The van der Waals surface area contributed by atoms with Crippen molar-refractivity contribution in [1.82, 2.24) is 19.5 Å². The number of fused-ring (bicyclic) bond motifs is 6. The second-order valence-electron chi connectivity index (χ2n) is 12.4. The number of nitrogens with zero attached hydrogens (tertiary/aromatic N) is 4. The molecule has 7 aromatic carbocycles. The molecule has 0 saturated heterocycles. The molecule has 234 valence electrons. The second-order valence-corrected chi connectivity index (χ2v) is 13.5. The zero-order valence-electron chi connectivity index (χ0n) is 26.9. The normalized spacial score (nSPS) is 11.6. The Kier molecular flexibility index (Phi) is 6.64. The Morgan fingerprint density at radius 1 is 0.380 bits per heavy atom. The van der Waals surface area contributed by atoms with Crippen molar-refractivity contribution in [2.45, 2.75) is 0 Å². The van der Waals surface area contributed by atoms with Crippen LogP contribution in [0, 0.1) is 0 Å². The number of thiophene rings is 1. The Bertz CT molecular complexity index is 2800. The van der Waals surface area contributed by atoms with Gasteiger partial charge in [0.2, 0.25) is 0 Å². The first-order valence-electron chi connectivity index (χ1n) is 16.7.